The maximum Gasteiger partial charge on any atom is 0.123 e. The number of hydrogen-bond acceptors (Lipinski definition) is 3. The van der Waals surface area contributed by atoms with Gasteiger partial charge in [0.1, 0.15) is 10.8 Å². The van der Waals surface area contributed by atoms with Gasteiger partial charge in [0.2, 0.25) is 0 Å². The topological polar surface area (TPSA) is 49.5 Å². The van der Waals surface area contributed by atoms with Gasteiger partial charge in [0.25, 0.3) is 0 Å². The number of likely N-dealkylation sites (tertiary alicyclic amines) is 1. The second kappa shape index (κ2) is 7.11. The number of halogens is 1. The van der Waals surface area contributed by atoms with Crippen molar-refractivity contribution in [2.24, 2.45) is 11.7 Å². The van der Waals surface area contributed by atoms with Gasteiger partial charge >= 0.3 is 0 Å². The minimum atomic E-state index is -0.260. The Bertz CT molecular complexity index is 479. The SMILES string of the molecule is NC(=S)c1ccc(F)cc1CN1CCCC(CCO)C1. The van der Waals surface area contributed by atoms with Gasteiger partial charge in [-0.1, -0.05) is 12.2 Å². The number of nitrogens with two attached hydrogens (primary N) is 1. The molecule has 0 spiro atoms. The van der Waals surface area contributed by atoms with Crippen LogP contribution in [0.15, 0.2) is 18.2 Å². The molecule has 1 aliphatic rings. The minimum Gasteiger partial charge on any atom is -0.396 e. The molecular weight excluding hydrogens is 275 g/mol. The van der Waals surface area contributed by atoms with Crippen LogP contribution in [-0.2, 0) is 6.54 Å². The van der Waals surface area contributed by atoms with Crippen LogP contribution < -0.4 is 5.73 Å². The summed E-state index contributed by atoms with van der Waals surface area (Å²) in [4.78, 5) is 2.60. The van der Waals surface area contributed by atoms with Crippen LogP contribution in [0.2, 0.25) is 0 Å². The quantitative estimate of drug-likeness (QED) is 0.817. The van der Waals surface area contributed by atoms with E-state index in [-0.39, 0.29) is 12.4 Å². The third kappa shape index (κ3) is 3.98. The van der Waals surface area contributed by atoms with Gasteiger partial charge in [0.15, 0.2) is 0 Å². The molecule has 1 heterocycles. The van der Waals surface area contributed by atoms with Gasteiger partial charge in [0.05, 0.1) is 0 Å². The highest BCUT2D eigenvalue weighted by Crippen LogP contribution is 2.22. The number of aliphatic hydroxyl groups excluding tert-OH is 1. The minimum absolute atomic E-state index is 0.233. The van der Waals surface area contributed by atoms with Crippen LogP contribution in [-0.4, -0.2) is 34.7 Å². The van der Waals surface area contributed by atoms with Crippen molar-refractivity contribution in [3.8, 4) is 0 Å². The molecule has 1 aromatic rings. The Balaban J connectivity index is 2.09. The van der Waals surface area contributed by atoms with Gasteiger partial charge < -0.3 is 10.8 Å². The summed E-state index contributed by atoms with van der Waals surface area (Å²) >= 11 is 5.03. The van der Waals surface area contributed by atoms with E-state index in [0.717, 1.165) is 43.5 Å². The van der Waals surface area contributed by atoms with Crippen molar-refractivity contribution in [1.29, 1.82) is 0 Å². The summed E-state index contributed by atoms with van der Waals surface area (Å²) in [5, 5.41) is 9.05. The summed E-state index contributed by atoms with van der Waals surface area (Å²) in [5.74, 6) is 0.263. The van der Waals surface area contributed by atoms with E-state index in [0.29, 0.717) is 17.5 Å². The highest BCUT2D eigenvalue weighted by atomic mass is 32.1. The van der Waals surface area contributed by atoms with Crippen LogP contribution in [0.25, 0.3) is 0 Å². The van der Waals surface area contributed by atoms with Crippen LogP contribution in [0, 0.1) is 11.7 Å². The Morgan fingerprint density at radius 2 is 2.30 bits per heavy atom. The molecule has 1 saturated heterocycles. The average Bonchev–Trinajstić information content (AvgIpc) is 2.39. The van der Waals surface area contributed by atoms with Crippen molar-refractivity contribution in [2.45, 2.75) is 25.8 Å². The molecule has 1 unspecified atom stereocenters. The fourth-order valence-corrected chi connectivity index (χ4v) is 3.09. The van der Waals surface area contributed by atoms with Crippen LogP contribution in [0.1, 0.15) is 30.4 Å². The van der Waals surface area contributed by atoms with E-state index in [1.165, 1.54) is 12.1 Å². The zero-order valence-corrected chi connectivity index (χ0v) is 12.3. The van der Waals surface area contributed by atoms with E-state index in [9.17, 15) is 4.39 Å². The summed E-state index contributed by atoms with van der Waals surface area (Å²) < 4.78 is 13.4. The Kier molecular flexibility index (Phi) is 5.46. The van der Waals surface area contributed by atoms with Crippen LogP contribution in [0.4, 0.5) is 4.39 Å². The third-order valence-electron chi connectivity index (χ3n) is 3.87. The average molecular weight is 296 g/mol. The van der Waals surface area contributed by atoms with Crippen molar-refractivity contribution in [3.05, 3.63) is 35.1 Å². The smallest absolute Gasteiger partial charge is 0.123 e. The number of aliphatic hydroxyl groups is 1. The number of piperidine rings is 1. The summed E-state index contributed by atoms with van der Waals surface area (Å²) in [6.45, 7) is 2.83. The maximum absolute atomic E-state index is 13.4. The second-order valence-electron chi connectivity index (χ2n) is 5.42. The number of thiocarbonyl (C=S) groups is 1. The number of hydrogen-bond donors (Lipinski definition) is 2. The lowest BCUT2D eigenvalue weighted by Crippen LogP contribution is -2.35. The monoisotopic (exact) mass is 296 g/mol. The molecule has 3 N–H and O–H groups in total. The first-order chi connectivity index (χ1) is 9.60. The summed E-state index contributed by atoms with van der Waals surface area (Å²) in [6, 6.07) is 4.56. The molecule has 0 radical (unpaired) electrons. The summed E-state index contributed by atoms with van der Waals surface area (Å²) in [7, 11) is 0. The molecule has 3 nitrogen and oxygen atoms in total. The summed E-state index contributed by atoms with van der Waals surface area (Å²) in [6.07, 6.45) is 3.10. The van der Waals surface area contributed by atoms with E-state index < -0.39 is 0 Å². The standard InChI is InChI=1S/C15H21FN2OS/c16-13-3-4-14(15(17)20)12(8-13)10-18-6-1-2-11(9-18)5-7-19/h3-4,8,11,19H,1-2,5-7,9-10H2,(H2,17,20). The fourth-order valence-electron chi connectivity index (χ4n) is 2.89. The molecule has 1 atom stereocenters. The lowest BCUT2D eigenvalue weighted by molar-refractivity contribution is 0.142. The van der Waals surface area contributed by atoms with Crippen molar-refractivity contribution in [1.82, 2.24) is 4.90 Å². The first-order valence-corrected chi connectivity index (χ1v) is 7.42. The lowest BCUT2D eigenvalue weighted by atomic mass is 9.94. The Labute approximate surface area is 124 Å². The second-order valence-corrected chi connectivity index (χ2v) is 5.86. The molecular formula is C15H21FN2OS. The molecule has 0 aliphatic carbocycles. The maximum atomic E-state index is 13.4. The van der Waals surface area contributed by atoms with Gasteiger partial charge in [-0.3, -0.25) is 4.90 Å². The molecule has 1 fully saturated rings. The third-order valence-corrected chi connectivity index (χ3v) is 4.09. The van der Waals surface area contributed by atoms with Gasteiger partial charge in [-0.05, 0) is 55.5 Å². The fraction of sp³-hybridized carbons (Fsp3) is 0.533. The predicted octanol–water partition coefficient (Wildman–Crippen LogP) is 2.05. The van der Waals surface area contributed by atoms with E-state index in [2.05, 4.69) is 4.90 Å². The first-order valence-electron chi connectivity index (χ1n) is 7.01. The molecule has 110 valence electrons. The molecule has 0 amide bonds. The Hall–Kier alpha value is -1.04. The molecule has 1 aliphatic heterocycles. The highest BCUT2D eigenvalue weighted by molar-refractivity contribution is 7.80. The lowest BCUT2D eigenvalue weighted by Gasteiger charge is -2.33. The molecule has 1 aromatic carbocycles. The van der Waals surface area contributed by atoms with Crippen molar-refractivity contribution < 1.29 is 9.50 Å². The zero-order chi connectivity index (χ0) is 14.5. The van der Waals surface area contributed by atoms with Gasteiger partial charge in [-0.2, -0.15) is 0 Å². The number of rotatable bonds is 5. The van der Waals surface area contributed by atoms with E-state index in [1.54, 1.807) is 6.07 Å². The Morgan fingerprint density at radius 1 is 1.50 bits per heavy atom. The van der Waals surface area contributed by atoms with Gasteiger partial charge in [-0.25, -0.2) is 4.39 Å². The Morgan fingerprint density at radius 3 is 3.00 bits per heavy atom. The normalized spacial score (nSPS) is 20.0. The number of benzene rings is 1. The molecule has 0 saturated carbocycles. The van der Waals surface area contributed by atoms with Crippen molar-refractivity contribution >= 4 is 17.2 Å². The zero-order valence-electron chi connectivity index (χ0n) is 11.5. The van der Waals surface area contributed by atoms with Crippen molar-refractivity contribution in [2.75, 3.05) is 19.7 Å². The largest absolute Gasteiger partial charge is 0.396 e. The van der Waals surface area contributed by atoms with E-state index in [1.807, 2.05) is 0 Å². The van der Waals surface area contributed by atoms with Crippen LogP contribution in [0.5, 0.6) is 0 Å². The molecule has 2 rings (SSSR count). The van der Waals surface area contributed by atoms with Crippen LogP contribution in [0.3, 0.4) is 0 Å². The molecule has 0 aromatic heterocycles. The molecule has 5 heteroatoms. The van der Waals surface area contributed by atoms with Gasteiger partial charge in [-0.15, -0.1) is 0 Å². The number of nitrogens with zero attached hydrogens (tertiary/aromatic N) is 1. The van der Waals surface area contributed by atoms with Gasteiger partial charge in [0, 0.05) is 25.3 Å². The van der Waals surface area contributed by atoms with E-state index >= 15 is 0 Å². The van der Waals surface area contributed by atoms with Crippen molar-refractivity contribution in [3.63, 3.8) is 0 Å². The van der Waals surface area contributed by atoms with E-state index in [4.69, 9.17) is 23.1 Å². The molecule has 20 heavy (non-hydrogen) atoms. The highest BCUT2D eigenvalue weighted by Gasteiger charge is 2.20. The molecule has 0 bridgehead atoms. The first kappa shape index (κ1) is 15.4. The van der Waals surface area contributed by atoms with Crippen LogP contribution >= 0.6 is 12.2 Å². The predicted molar refractivity (Wildman–Crippen MR) is 82.0 cm³/mol. The summed E-state index contributed by atoms with van der Waals surface area (Å²) in [5.41, 5.74) is 7.31.